The molecule has 2 nitrogen and oxygen atoms in total. The molecule has 0 spiro atoms. The van der Waals surface area contributed by atoms with E-state index in [9.17, 15) is 0 Å². The Balaban J connectivity index is 1.38. The zero-order chi connectivity index (χ0) is 29.6. The van der Waals surface area contributed by atoms with Crippen molar-refractivity contribution < 1.29 is 0 Å². The molecule has 0 unspecified atom stereocenters. The van der Waals surface area contributed by atoms with E-state index in [1.165, 1.54) is 76.8 Å². The Labute approximate surface area is 257 Å². The SMILES string of the molecule is Cc1ccc(-c2ccc(-c3c4ccccc4c(-c4ccc(-c5cnccc5C)c5ccccc45)c4ccccc34)cc2)cn1. The van der Waals surface area contributed by atoms with E-state index in [2.05, 4.69) is 144 Å². The van der Waals surface area contributed by atoms with Crippen LogP contribution in [0.15, 0.2) is 146 Å². The minimum Gasteiger partial charge on any atom is -0.264 e. The van der Waals surface area contributed by atoms with E-state index < -0.39 is 0 Å². The van der Waals surface area contributed by atoms with Crippen molar-refractivity contribution in [2.24, 2.45) is 0 Å². The molecule has 0 atom stereocenters. The number of aryl methyl sites for hydroxylation is 2. The average molecular weight is 563 g/mol. The average Bonchev–Trinajstić information content (AvgIpc) is 3.08. The van der Waals surface area contributed by atoms with Crippen molar-refractivity contribution in [3.63, 3.8) is 0 Å². The van der Waals surface area contributed by atoms with Gasteiger partial charge in [0.05, 0.1) is 0 Å². The fourth-order valence-corrected chi connectivity index (χ4v) is 6.70. The monoisotopic (exact) mass is 562 g/mol. The van der Waals surface area contributed by atoms with Gasteiger partial charge in [-0.25, -0.2) is 0 Å². The van der Waals surface area contributed by atoms with E-state index in [1.54, 1.807) is 0 Å². The summed E-state index contributed by atoms with van der Waals surface area (Å²) in [5.74, 6) is 0. The van der Waals surface area contributed by atoms with E-state index in [-0.39, 0.29) is 0 Å². The fourth-order valence-electron chi connectivity index (χ4n) is 6.70. The quantitative estimate of drug-likeness (QED) is 0.199. The number of nitrogens with zero attached hydrogens (tertiary/aromatic N) is 2. The number of pyridine rings is 2. The van der Waals surface area contributed by atoms with Gasteiger partial charge >= 0.3 is 0 Å². The van der Waals surface area contributed by atoms with Gasteiger partial charge in [0.1, 0.15) is 0 Å². The standard InChI is InChI=1S/C42H30N2/c1-27-23-24-43-26-40(27)34-21-22-39(33-10-4-3-9-32(33)34)42-37-13-7-5-11-35(37)41(36-12-6-8-14-38(36)42)30-19-17-29(18-20-30)31-16-15-28(2)44-25-31/h3-26H,1-2H3. The topological polar surface area (TPSA) is 25.8 Å². The minimum atomic E-state index is 1.03. The highest BCUT2D eigenvalue weighted by Crippen LogP contribution is 2.46. The van der Waals surface area contributed by atoms with Crippen LogP contribution in [0.2, 0.25) is 0 Å². The number of benzene rings is 6. The second kappa shape index (κ2) is 10.6. The molecule has 0 aliphatic heterocycles. The number of rotatable bonds is 4. The first-order valence-corrected chi connectivity index (χ1v) is 15.1. The maximum Gasteiger partial charge on any atom is 0.0373 e. The van der Waals surface area contributed by atoms with Gasteiger partial charge < -0.3 is 0 Å². The molecule has 0 saturated heterocycles. The van der Waals surface area contributed by atoms with Gasteiger partial charge in [0.2, 0.25) is 0 Å². The van der Waals surface area contributed by atoms with Crippen LogP contribution in [0, 0.1) is 13.8 Å². The van der Waals surface area contributed by atoms with Crippen molar-refractivity contribution >= 4 is 32.3 Å². The molecule has 2 heteroatoms. The van der Waals surface area contributed by atoms with Gasteiger partial charge in [0.15, 0.2) is 0 Å². The number of fused-ring (bicyclic) bond motifs is 3. The van der Waals surface area contributed by atoms with E-state index in [0.717, 1.165) is 11.3 Å². The Bertz CT molecular complexity index is 2270. The highest BCUT2D eigenvalue weighted by molar-refractivity contribution is 6.24. The molecule has 8 aromatic rings. The third kappa shape index (κ3) is 4.27. The third-order valence-corrected chi connectivity index (χ3v) is 8.87. The molecule has 0 saturated carbocycles. The minimum absolute atomic E-state index is 1.03. The first-order chi connectivity index (χ1) is 21.7. The second-order valence-corrected chi connectivity index (χ2v) is 11.5. The Morgan fingerprint density at radius 3 is 1.50 bits per heavy atom. The van der Waals surface area contributed by atoms with E-state index in [0.29, 0.717) is 0 Å². The third-order valence-electron chi connectivity index (χ3n) is 8.87. The van der Waals surface area contributed by atoms with Gasteiger partial charge in [0, 0.05) is 35.4 Å². The van der Waals surface area contributed by atoms with Gasteiger partial charge in [-0.3, -0.25) is 9.97 Å². The summed E-state index contributed by atoms with van der Waals surface area (Å²) in [6, 6.07) is 46.3. The van der Waals surface area contributed by atoms with Crippen LogP contribution in [-0.2, 0) is 0 Å². The Morgan fingerprint density at radius 2 is 0.909 bits per heavy atom. The highest BCUT2D eigenvalue weighted by Gasteiger charge is 2.19. The molecule has 2 heterocycles. The summed E-state index contributed by atoms with van der Waals surface area (Å²) >= 11 is 0. The zero-order valence-corrected chi connectivity index (χ0v) is 24.8. The molecular weight excluding hydrogens is 532 g/mol. The molecule has 0 amide bonds. The van der Waals surface area contributed by atoms with Gasteiger partial charge in [-0.05, 0) is 97.2 Å². The molecule has 0 aliphatic rings. The Kier molecular flexibility index (Phi) is 6.27. The highest BCUT2D eigenvalue weighted by atomic mass is 14.7. The van der Waals surface area contributed by atoms with Gasteiger partial charge in [-0.1, -0.05) is 115 Å². The van der Waals surface area contributed by atoms with Crippen molar-refractivity contribution in [3.05, 3.63) is 157 Å². The summed E-state index contributed by atoms with van der Waals surface area (Å²) in [4.78, 5) is 8.95. The van der Waals surface area contributed by atoms with E-state index in [1.807, 2.05) is 25.5 Å². The largest absolute Gasteiger partial charge is 0.264 e. The van der Waals surface area contributed by atoms with Crippen molar-refractivity contribution in [1.29, 1.82) is 0 Å². The maximum absolute atomic E-state index is 4.50. The first-order valence-electron chi connectivity index (χ1n) is 15.1. The molecule has 0 bridgehead atoms. The molecule has 2 aromatic heterocycles. The summed E-state index contributed by atoms with van der Waals surface area (Å²) in [5.41, 5.74) is 11.9. The molecule has 44 heavy (non-hydrogen) atoms. The summed E-state index contributed by atoms with van der Waals surface area (Å²) in [7, 11) is 0. The van der Waals surface area contributed by atoms with E-state index in [4.69, 9.17) is 0 Å². The van der Waals surface area contributed by atoms with Crippen molar-refractivity contribution in [2.45, 2.75) is 13.8 Å². The van der Waals surface area contributed by atoms with E-state index >= 15 is 0 Å². The predicted octanol–water partition coefficient (Wildman–Crippen LogP) is 11.2. The fraction of sp³-hybridized carbons (Fsp3) is 0.0476. The van der Waals surface area contributed by atoms with Crippen molar-refractivity contribution in [3.8, 4) is 44.5 Å². The van der Waals surface area contributed by atoms with Crippen LogP contribution in [0.1, 0.15) is 11.3 Å². The molecule has 6 aromatic carbocycles. The predicted molar refractivity (Wildman–Crippen MR) is 186 cm³/mol. The molecule has 0 fully saturated rings. The summed E-state index contributed by atoms with van der Waals surface area (Å²) in [5, 5.41) is 7.49. The van der Waals surface area contributed by atoms with Crippen LogP contribution in [0.25, 0.3) is 76.8 Å². The number of aromatic nitrogens is 2. The zero-order valence-electron chi connectivity index (χ0n) is 24.8. The first kappa shape index (κ1) is 26.1. The Hall–Kier alpha value is -5.60. The maximum atomic E-state index is 4.50. The van der Waals surface area contributed by atoms with Crippen LogP contribution in [0.3, 0.4) is 0 Å². The molecule has 0 radical (unpaired) electrons. The van der Waals surface area contributed by atoms with Crippen LogP contribution in [0.4, 0.5) is 0 Å². The smallest absolute Gasteiger partial charge is 0.0373 e. The van der Waals surface area contributed by atoms with Gasteiger partial charge in [-0.15, -0.1) is 0 Å². The summed E-state index contributed by atoms with van der Waals surface area (Å²) in [6.07, 6.45) is 5.80. The van der Waals surface area contributed by atoms with Crippen molar-refractivity contribution in [2.75, 3.05) is 0 Å². The van der Waals surface area contributed by atoms with Gasteiger partial charge in [-0.2, -0.15) is 0 Å². The lowest BCUT2D eigenvalue weighted by Crippen LogP contribution is -1.93. The lowest BCUT2D eigenvalue weighted by atomic mass is 9.83. The lowest BCUT2D eigenvalue weighted by molar-refractivity contribution is 1.20. The van der Waals surface area contributed by atoms with Crippen LogP contribution in [-0.4, -0.2) is 9.97 Å². The summed E-state index contributed by atoms with van der Waals surface area (Å²) in [6.45, 7) is 4.18. The number of hydrogen-bond donors (Lipinski definition) is 0. The second-order valence-electron chi connectivity index (χ2n) is 11.5. The van der Waals surface area contributed by atoms with Crippen molar-refractivity contribution in [1.82, 2.24) is 9.97 Å². The molecule has 0 N–H and O–H groups in total. The molecule has 8 rings (SSSR count). The summed E-state index contributed by atoms with van der Waals surface area (Å²) < 4.78 is 0. The molecule has 0 aliphatic carbocycles. The van der Waals surface area contributed by atoms with Crippen LogP contribution >= 0.6 is 0 Å². The molecule has 208 valence electrons. The van der Waals surface area contributed by atoms with Gasteiger partial charge in [0.25, 0.3) is 0 Å². The lowest BCUT2D eigenvalue weighted by Gasteiger charge is -2.20. The van der Waals surface area contributed by atoms with Crippen LogP contribution in [0.5, 0.6) is 0 Å². The number of hydrogen-bond acceptors (Lipinski definition) is 2. The normalized spacial score (nSPS) is 11.4. The van der Waals surface area contributed by atoms with Crippen LogP contribution < -0.4 is 0 Å². The Morgan fingerprint density at radius 1 is 0.386 bits per heavy atom. The molecular formula is C42H30N2.